The topological polar surface area (TPSA) is 55.8 Å². The van der Waals surface area contributed by atoms with Crippen molar-refractivity contribution < 1.29 is 19.4 Å². The summed E-state index contributed by atoms with van der Waals surface area (Å²) in [5, 5.41) is 10.8. The molecule has 4 heteroatoms. The second-order valence-corrected chi connectivity index (χ2v) is 13.7. The molecule has 0 aromatic rings. The maximum atomic E-state index is 11.5. The van der Waals surface area contributed by atoms with E-state index >= 15 is 0 Å². The van der Waals surface area contributed by atoms with E-state index in [0.29, 0.717) is 34.2 Å². The molecule has 1 heterocycles. The summed E-state index contributed by atoms with van der Waals surface area (Å²) in [5.41, 5.74) is 1.55. The first-order valence-electron chi connectivity index (χ1n) is 13.6. The fourth-order valence-corrected chi connectivity index (χ4v) is 10.9. The lowest BCUT2D eigenvalue weighted by atomic mass is 9.46. The van der Waals surface area contributed by atoms with Gasteiger partial charge in [0, 0.05) is 6.92 Å². The molecule has 1 aliphatic heterocycles. The fraction of sp³-hybridized carbons (Fsp3) is 0.964. The van der Waals surface area contributed by atoms with Crippen LogP contribution in [0.5, 0.6) is 0 Å². The number of carbonyl (C=O) groups is 1. The number of hydrogen-bond donors (Lipinski definition) is 1. The van der Waals surface area contributed by atoms with Crippen LogP contribution in [-0.4, -0.2) is 35.5 Å². The van der Waals surface area contributed by atoms with E-state index in [1.54, 1.807) is 0 Å². The number of aliphatic hydroxyl groups is 1. The lowest BCUT2D eigenvalue weighted by Gasteiger charge is -2.59. The molecular formula is C28H44O4. The summed E-state index contributed by atoms with van der Waals surface area (Å²) in [6, 6.07) is 0. The van der Waals surface area contributed by atoms with Crippen LogP contribution < -0.4 is 0 Å². The Bertz CT molecular complexity index is 807. The van der Waals surface area contributed by atoms with Gasteiger partial charge in [-0.25, -0.2) is 0 Å². The fourth-order valence-electron chi connectivity index (χ4n) is 10.9. The minimum atomic E-state index is -0.200. The van der Waals surface area contributed by atoms with Crippen molar-refractivity contribution in [2.24, 2.45) is 45.3 Å². The smallest absolute Gasteiger partial charge is 0.302 e. The number of fused-ring (bicyclic) bond motifs is 4. The molecule has 6 rings (SSSR count). The zero-order chi connectivity index (χ0) is 22.7. The van der Waals surface area contributed by atoms with Crippen LogP contribution in [0.3, 0.4) is 0 Å². The van der Waals surface area contributed by atoms with Gasteiger partial charge >= 0.3 is 5.97 Å². The maximum absolute atomic E-state index is 11.5. The molecule has 0 bridgehead atoms. The standard InChI is InChI=1S/C28H44O4/c1-16(31-17(2)29)21-8-6-19-22(32-21)14-20-18-7-9-23-25(3,4)24(30)10-11-28(23)15-27(18,28)13-12-26(19,20)5/h16,18-24,30H,6-15H2,1-5H3/t16-,18?,19+,20?,21?,22?,23?,24+,26?,27+,28?/m1/s1. The van der Waals surface area contributed by atoms with E-state index in [-0.39, 0.29) is 29.7 Å². The Labute approximate surface area is 194 Å². The number of hydrogen-bond acceptors (Lipinski definition) is 4. The molecule has 0 radical (unpaired) electrons. The average molecular weight is 445 g/mol. The van der Waals surface area contributed by atoms with Gasteiger partial charge in [0.2, 0.25) is 0 Å². The number of ether oxygens (including phenoxy) is 2. The lowest BCUT2D eigenvalue weighted by Crippen LogP contribution is -2.54. The summed E-state index contributed by atoms with van der Waals surface area (Å²) in [4.78, 5) is 11.5. The second kappa shape index (κ2) is 6.74. The minimum absolute atomic E-state index is 0.0569. The molecule has 180 valence electrons. The molecule has 7 unspecified atom stereocenters. The molecule has 6 aliphatic rings. The summed E-state index contributed by atoms with van der Waals surface area (Å²) < 4.78 is 12.2. The third kappa shape index (κ3) is 2.60. The van der Waals surface area contributed by atoms with Crippen molar-refractivity contribution in [3.05, 3.63) is 0 Å². The van der Waals surface area contributed by atoms with Gasteiger partial charge in [0.25, 0.3) is 0 Å². The summed E-state index contributed by atoms with van der Waals surface area (Å²) in [6.07, 6.45) is 12.7. The van der Waals surface area contributed by atoms with Crippen LogP contribution in [0.15, 0.2) is 0 Å². The van der Waals surface area contributed by atoms with E-state index in [1.807, 2.05) is 6.92 Å². The van der Waals surface area contributed by atoms with E-state index in [9.17, 15) is 9.90 Å². The van der Waals surface area contributed by atoms with Crippen molar-refractivity contribution in [2.45, 2.75) is 123 Å². The predicted octanol–water partition coefficient (Wildman–Crippen LogP) is 5.51. The molecule has 4 nitrogen and oxygen atoms in total. The van der Waals surface area contributed by atoms with E-state index in [1.165, 1.54) is 58.3 Å². The molecule has 32 heavy (non-hydrogen) atoms. The molecule has 0 aromatic carbocycles. The van der Waals surface area contributed by atoms with Crippen LogP contribution in [0.2, 0.25) is 0 Å². The molecule has 0 amide bonds. The molecular weight excluding hydrogens is 400 g/mol. The SMILES string of the molecule is CC(=O)O[C@H](C)C1CC[C@H]2C(CC3C4CCC5C(C)(C)[C@@H](O)CCC56C[C@@]46CCC32C)O1. The van der Waals surface area contributed by atoms with E-state index in [4.69, 9.17) is 9.47 Å². The zero-order valence-corrected chi connectivity index (χ0v) is 20.9. The molecule has 5 saturated carbocycles. The van der Waals surface area contributed by atoms with E-state index < -0.39 is 0 Å². The first-order valence-corrected chi connectivity index (χ1v) is 13.6. The summed E-state index contributed by atoms with van der Waals surface area (Å²) in [6.45, 7) is 10.8. The van der Waals surface area contributed by atoms with Gasteiger partial charge in [0.05, 0.1) is 18.3 Å². The van der Waals surface area contributed by atoms with Crippen LogP contribution >= 0.6 is 0 Å². The maximum Gasteiger partial charge on any atom is 0.302 e. The van der Waals surface area contributed by atoms with Gasteiger partial charge in [-0.1, -0.05) is 20.8 Å². The van der Waals surface area contributed by atoms with Gasteiger partial charge in [-0.3, -0.25) is 4.79 Å². The molecule has 11 atom stereocenters. The Morgan fingerprint density at radius 1 is 0.969 bits per heavy atom. The molecule has 6 fully saturated rings. The normalized spacial score (nSPS) is 56.0. The number of rotatable bonds is 2. The predicted molar refractivity (Wildman–Crippen MR) is 123 cm³/mol. The number of carbonyl (C=O) groups excluding carboxylic acids is 1. The summed E-state index contributed by atoms with van der Waals surface area (Å²) in [7, 11) is 0. The molecule has 2 spiro atoms. The van der Waals surface area contributed by atoms with Gasteiger partial charge < -0.3 is 14.6 Å². The van der Waals surface area contributed by atoms with Crippen molar-refractivity contribution in [1.29, 1.82) is 0 Å². The van der Waals surface area contributed by atoms with Crippen molar-refractivity contribution in [1.82, 2.24) is 0 Å². The van der Waals surface area contributed by atoms with E-state index in [2.05, 4.69) is 20.8 Å². The molecule has 5 aliphatic carbocycles. The third-order valence-corrected chi connectivity index (χ3v) is 12.5. The van der Waals surface area contributed by atoms with Gasteiger partial charge in [-0.2, -0.15) is 0 Å². The third-order valence-electron chi connectivity index (χ3n) is 12.5. The zero-order valence-electron chi connectivity index (χ0n) is 20.9. The van der Waals surface area contributed by atoms with Crippen LogP contribution in [0, 0.1) is 45.3 Å². The highest BCUT2D eigenvalue weighted by Crippen LogP contribution is 2.87. The highest BCUT2D eigenvalue weighted by molar-refractivity contribution is 5.66. The highest BCUT2D eigenvalue weighted by Gasteiger charge is 2.80. The second-order valence-electron chi connectivity index (χ2n) is 13.7. The van der Waals surface area contributed by atoms with Crippen molar-refractivity contribution in [3.63, 3.8) is 0 Å². The first kappa shape index (κ1) is 21.9. The molecule has 1 saturated heterocycles. The van der Waals surface area contributed by atoms with Gasteiger partial charge in [-0.15, -0.1) is 0 Å². The van der Waals surface area contributed by atoms with Crippen LogP contribution in [0.4, 0.5) is 0 Å². The monoisotopic (exact) mass is 444 g/mol. The molecule has 1 N–H and O–H groups in total. The Morgan fingerprint density at radius 2 is 1.72 bits per heavy atom. The van der Waals surface area contributed by atoms with Crippen molar-refractivity contribution in [2.75, 3.05) is 0 Å². The van der Waals surface area contributed by atoms with Gasteiger partial charge in [0.15, 0.2) is 0 Å². The van der Waals surface area contributed by atoms with Gasteiger partial charge in [-0.05, 0) is 116 Å². The Balaban J connectivity index is 1.24. The Hall–Kier alpha value is -0.610. The minimum Gasteiger partial charge on any atom is -0.460 e. The van der Waals surface area contributed by atoms with Crippen molar-refractivity contribution in [3.8, 4) is 0 Å². The average Bonchev–Trinajstić information content (AvgIpc) is 3.31. The van der Waals surface area contributed by atoms with Crippen LogP contribution in [0.25, 0.3) is 0 Å². The van der Waals surface area contributed by atoms with Gasteiger partial charge in [0.1, 0.15) is 6.10 Å². The quantitative estimate of drug-likeness (QED) is 0.571. The Morgan fingerprint density at radius 3 is 2.47 bits per heavy atom. The first-order chi connectivity index (χ1) is 15.0. The van der Waals surface area contributed by atoms with E-state index in [0.717, 1.165) is 24.7 Å². The van der Waals surface area contributed by atoms with Crippen LogP contribution in [0.1, 0.15) is 98.8 Å². The number of aliphatic hydroxyl groups excluding tert-OH is 1. The highest BCUT2D eigenvalue weighted by atomic mass is 16.6. The van der Waals surface area contributed by atoms with Crippen molar-refractivity contribution >= 4 is 5.97 Å². The number of esters is 1. The lowest BCUT2D eigenvalue weighted by molar-refractivity contribution is -0.168. The Kier molecular flexibility index (Phi) is 4.61. The molecule has 0 aromatic heterocycles. The summed E-state index contributed by atoms with van der Waals surface area (Å²) in [5.74, 6) is 2.80. The largest absolute Gasteiger partial charge is 0.460 e. The van der Waals surface area contributed by atoms with Crippen LogP contribution in [-0.2, 0) is 14.3 Å². The summed E-state index contributed by atoms with van der Waals surface area (Å²) >= 11 is 0.